The fraction of sp³-hybridized carbons (Fsp3) is 0.500. The first kappa shape index (κ1) is 63.7. The van der Waals surface area contributed by atoms with E-state index in [1.165, 1.54) is 6.92 Å². The normalized spacial score (nSPS) is 14.4. The summed E-state index contributed by atoms with van der Waals surface area (Å²) in [5.41, 5.74) is 45.3. The number of hydrogen-bond donors (Lipinski definition) is 16. The third kappa shape index (κ3) is 24.5. The van der Waals surface area contributed by atoms with Crippen LogP contribution in [-0.4, -0.2) is 144 Å². The van der Waals surface area contributed by atoms with Crippen molar-refractivity contribution in [3.63, 3.8) is 0 Å². The number of carbonyl (C=O) groups excluding carboxylic acids is 10. The summed E-state index contributed by atoms with van der Waals surface area (Å²) >= 11 is 0. The zero-order valence-electron chi connectivity index (χ0n) is 42.9. The number of nitrogens with two attached hydrogens (primary N) is 8. The van der Waals surface area contributed by atoms with Crippen LogP contribution in [0, 0.1) is 5.92 Å². The molecule has 28 heteroatoms. The summed E-state index contributed by atoms with van der Waals surface area (Å²) in [7, 11) is 0. The second-order valence-electron chi connectivity index (χ2n) is 18.3. The number of guanidine groups is 2. The number of benzene rings is 2. The van der Waals surface area contributed by atoms with Gasteiger partial charge in [-0.25, -0.2) is 0 Å². The molecule has 76 heavy (non-hydrogen) atoms. The Morgan fingerprint density at radius 3 is 1.17 bits per heavy atom. The lowest BCUT2D eigenvalue weighted by Crippen LogP contribution is -2.61. The van der Waals surface area contributed by atoms with Crippen molar-refractivity contribution >= 4 is 71.0 Å². The average Bonchev–Trinajstić information content (AvgIpc) is 3.34. The van der Waals surface area contributed by atoms with E-state index in [2.05, 4.69) is 47.2 Å². The molecule has 10 amide bonds. The van der Waals surface area contributed by atoms with Crippen LogP contribution in [0.3, 0.4) is 0 Å². The molecule has 0 heterocycles. The van der Waals surface area contributed by atoms with Gasteiger partial charge in [0.1, 0.15) is 48.3 Å². The van der Waals surface area contributed by atoms with Gasteiger partial charge in [-0.15, -0.1) is 0 Å². The summed E-state index contributed by atoms with van der Waals surface area (Å²) in [5.74, 6) is -10.5. The van der Waals surface area contributed by atoms with Crippen molar-refractivity contribution in [1.82, 2.24) is 37.2 Å². The number of nitrogens with zero attached hydrogens (tertiary/aromatic N) is 2. The molecule has 0 aliphatic heterocycles. The molecule has 9 unspecified atom stereocenters. The van der Waals surface area contributed by atoms with E-state index >= 15 is 0 Å². The third-order valence-corrected chi connectivity index (χ3v) is 11.3. The zero-order valence-corrected chi connectivity index (χ0v) is 42.9. The number of rotatable bonds is 34. The molecular formula is C48H75N17O11. The van der Waals surface area contributed by atoms with Crippen LogP contribution >= 0.6 is 0 Å². The Hall–Kier alpha value is -8.40. The van der Waals surface area contributed by atoms with E-state index in [1.807, 2.05) is 0 Å². The lowest BCUT2D eigenvalue weighted by atomic mass is 9.99. The van der Waals surface area contributed by atoms with Crippen LogP contribution in [0.1, 0.15) is 76.8 Å². The number of carbonyl (C=O) groups is 10. The van der Waals surface area contributed by atoms with Gasteiger partial charge in [-0.1, -0.05) is 74.5 Å². The molecule has 0 aliphatic carbocycles. The first-order valence-corrected chi connectivity index (χ1v) is 24.4. The van der Waals surface area contributed by atoms with Gasteiger partial charge in [-0.2, -0.15) is 0 Å². The van der Waals surface area contributed by atoms with Gasteiger partial charge in [-0.3, -0.25) is 57.9 Å². The molecular weight excluding hydrogens is 991 g/mol. The highest BCUT2D eigenvalue weighted by atomic mass is 16.3. The summed E-state index contributed by atoms with van der Waals surface area (Å²) in [4.78, 5) is 142. The SMILES string of the molecule is CC(C)CC(NC(=O)C(Cc1ccccc1)NC(=O)C(CC(N)=O)NC(=O)C(CCCN=C(N)N)NC(=O)C(CC(N)=O)NC(=O)C(N)C(C)O)C(=O)NC(CCCN=C(N)N)C(=O)NC(Cc1ccccc1)C(N)=O. The van der Waals surface area contributed by atoms with E-state index in [-0.39, 0.29) is 75.9 Å². The molecule has 0 fully saturated rings. The van der Waals surface area contributed by atoms with Crippen LogP contribution < -0.4 is 83.1 Å². The molecule has 28 nitrogen and oxygen atoms in total. The van der Waals surface area contributed by atoms with Crippen molar-refractivity contribution in [3.05, 3.63) is 71.8 Å². The summed E-state index contributed by atoms with van der Waals surface area (Å²) < 4.78 is 0. The molecule has 2 aromatic carbocycles. The quantitative estimate of drug-likeness (QED) is 0.0176. The Morgan fingerprint density at radius 1 is 0.461 bits per heavy atom. The molecule has 418 valence electrons. The number of aliphatic imine (C=N–C) groups is 2. The number of nitrogens with one attached hydrogen (secondary N) is 7. The summed E-state index contributed by atoms with van der Waals surface area (Å²) in [6.07, 6.45) is -3.18. The van der Waals surface area contributed by atoms with Gasteiger partial charge in [0, 0.05) is 25.9 Å². The van der Waals surface area contributed by atoms with E-state index in [4.69, 9.17) is 45.9 Å². The summed E-state index contributed by atoms with van der Waals surface area (Å²) in [5, 5.41) is 27.3. The van der Waals surface area contributed by atoms with Crippen LogP contribution in [0.25, 0.3) is 0 Å². The molecule has 0 aliphatic rings. The lowest BCUT2D eigenvalue weighted by molar-refractivity contribution is -0.137. The second kappa shape index (κ2) is 32.7. The van der Waals surface area contributed by atoms with Gasteiger partial charge in [0.15, 0.2) is 11.9 Å². The van der Waals surface area contributed by atoms with E-state index in [9.17, 15) is 53.1 Å². The fourth-order valence-corrected chi connectivity index (χ4v) is 7.32. The molecule has 0 radical (unpaired) electrons. The van der Waals surface area contributed by atoms with E-state index in [0.717, 1.165) is 0 Å². The first-order chi connectivity index (χ1) is 35.8. The van der Waals surface area contributed by atoms with Gasteiger partial charge >= 0.3 is 0 Å². The largest absolute Gasteiger partial charge is 0.391 e. The van der Waals surface area contributed by atoms with Crippen LogP contribution in [0.4, 0.5) is 0 Å². The van der Waals surface area contributed by atoms with Crippen molar-refractivity contribution in [2.45, 2.75) is 133 Å². The minimum atomic E-state index is -1.81. The topological polar surface area (TPSA) is 508 Å². The zero-order chi connectivity index (χ0) is 57.1. The Balaban J connectivity index is 2.52. The molecule has 2 aromatic rings. The minimum Gasteiger partial charge on any atom is -0.391 e. The Labute approximate surface area is 439 Å². The number of amides is 10. The van der Waals surface area contributed by atoms with Crippen molar-refractivity contribution in [2.75, 3.05) is 13.1 Å². The van der Waals surface area contributed by atoms with Gasteiger partial charge in [0.2, 0.25) is 59.1 Å². The van der Waals surface area contributed by atoms with Gasteiger partial charge < -0.3 is 88.2 Å². The lowest BCUT2D eigenvalue weighted by Gasteiger charge is -2.28. The molecule has 0 saturated carbocycles. The maximum Gasteiger partial charge on any atom is 0.243 e. The van der Waals surface area contributed by atoms with E-state index in [1.54, 1.807) is 74.5 Å². The highest BCUT2D eigenvalue weighted by molar-refractivity contribution is 5.99. The fourth-order valence-electron chi connectivity index (χ4n) is 7.32. The molecule has 0 aromatic heterocycles. The number of hydrogen-bond acceptors (Lipinski definition) is 14. The van der Waals surface area contributed by atoms with E-state index < -0.39 is 126 Å². The number of aliphatic hydroxyl groups is 1. The highest BCUT2D eigenvalue weighted by Crippen LogP contribution is 2.12. The Kier molecular flexibility index (Phi) is 27.4. The maximum absolute atomic E-state index is 14.4. The summed E-state index contributed by atoms with van der Waals surface area (Å²) in [6, 6.07) is 5.14. The Morgan fingerprint density at radius 2 is 0.789 bits per heavy atom. The molecule has 0 saturated heterocycles. The van der Waals surface area contributed by atoms with Crippen molar-refractivity contribution < 1.29 is 53.1 Å². The van der Waals surface area contributed by atoms with Gasteiger partial charge in [0.25, 0.3) is 0 Å². The number of primary amides is 3. The molecule has 2 rings (SSSR count). The predicted molar refractivity (Wildman–Crippen MR) is 280 cm³/mol. The first-order valence-electron chi connectivity index (χ1n) is 24.4. The average molecular weight is 1070 g/mol. The van der Waals surface area contributed by atoms with Gasteiger partial charge in [-0.05, 0) is 56.1 Å². The van der Waals surface area contributed by atoms with Crippen LogP contribution in [0.5, 0.6) is 0 Å². The molecule has 0 bridgehead atoms. The Bertz CT molecular complexity index is 2350. The minimum absolute atomic E-state index is 0.0117. The third-order valence-electron chi connectivity index (χ3n) is 11.3. The number of aliphatic hydroxyl groups excluding tert-OH is 1. The highest BCUT2D eigenvalue weighted by Gasteiger charge is 2.36. The molecule has 0 spiro atoms. The van der Waals surface area contributed by atoms with Crippen LogP contribution in [0.15, 0.2) is 70.6 Å². The van der Waals surface area contributed by atoms with Crippen LogP contribution in [0.2, 0.25) is 0 Å². The smallest absolute Gasteiger partial charge is 0.243 e. The monoisotopic (exact) mass is 1070 g/mol. The molecule has 9 atom stereocenters. The second-order valence-corrected chi connectivity index (χ2v) is 18.3. The van der Waals surface area contributed by atoms with E-state index in [0.29, 0.717) is 11.1 Å². The van der Waals surface area contributed by atoms with Crippen LogP contribution in [-0.2, 0) is 60.8 Å². The van der Waals surface area contributed by atoms with Crippen molar-refractivity contribution in [3.8, 4) is 0 Å². The van der Waals surface area contributed by atoms with Gasteiger partial charge in [0.05, 0.1) is 18.9 Å². The standard InChI is InChI=1S/C48H75N17O11/c1-25(2)20-32(42(72)59-29(16-10-18-57-47(53)54)40(70)61-31(39(52)69)21-27-12-6-4-7-13-27)62-43(73)33(22-28-14-8-5-9-15-28)63-45(75)34(23-36(49)67)64-41(71)30(17-11-19-58-48(55)56)60-44(74)35(24-37(50)68)65-46(76)38(51)26(3)66/h4-9,12-15,25-26,29-35,38,66H,10-11,16-24,51H2,1-3H3,(H2,49,67)(H2,50,68)(H2,52,69)(H,59,72)(H,60,74)(H,61,70)(H,62,73)(H,63,75)(H,64,71)(H,65,76)(H4,53,54,57)(H4,55,56,58). The molecule has 24 N–H and O–H groups in total. The maximum atomic E-state index is 14.4. The summed E-state index contributed by atoms with van der Waals surface area (Å²) in [6.45, 7) is 4.77. The predicted octanol–water partition coefficient (Wildman–Crippen LogP) is -6.04. The van der Waals surface area contributed by atoms with Crippen molar-refractivity contribution in [1.29, 1.82) is 0 Å². The van der Waals surface area contributed by atoms with Crippen molar-refractivity contribution in [2.24, 2.45) is 61.8 Å².